The summed E-state index contributed by atoms with van der Waals surface area (Å²) in [7, 11) is 0. The Kier molecular flexibility index (Phi) is 6.88. The molecule has 2 amide bonds. The fourth-order valence-electron chi connectivity index (χ4n) is 4.61. The van der Waals surface area contributed by atoms with Crippen LogP contribution in [0.25, 0.3) is 10.7 Å². The van der Waals surface area contributed by atoms with E-state index in [-0.39, 0.29) is 18.4 Å². The van der Waals surface area contributed by atoms with Gasteiger partial charge in [0, 0.05) is 39.3 Å². The van der Waals surface area contributed by atoms with Gasteiger partial charge in [-0.1, -0.05) is 19.9 Å². The number of rotatable bonds is 5. The molecule has 168 valence electrons. The van der Waals surface area contributed by atoms with Crippen LogP contribution in [0.15, 0.2) is 17.5 Å². The molecule has 2 aliphatic heterocycles. The summed E-state index contributed by atoms with van der Waals surface area (Å²) >= 11 is 6.91. The smallest absolute Gasteiger partial charge is 0.242 e. The number of likely N-dealkylation sites (tertiary alicyclic amines) is 1. The molecule has 2 aromatic heterocycles. The Hall–Kier alpha value is -2.04. The highest BCUT2D eigenvalue weighted by molar-refractivity contribution is 7.71. The lowest BCUT2D eigenvalue weighted by molar-refractivity contribution is -0.137. The summed E-state index contributed by atoms with van der Waals surface area (Å²) < 4.78 is 2.21. The van der Waals surface area contributed by atoms with Crippen molar-refractivity contribution in [3.05, 3.63) is 22.3 Å². The Morgan fingerprint density at radius 1 is 1.10 bits per heavy atom. The number of hydrogen-bond donors (Lipinski definition) is 1. The van der Waals surface area contributed by atoms with E-state index in [2.05, 4.69) is 28.9 Å². The number of nitrogens with zero attached hydrogens (tertiary/aromatic N) is 5. The molecule has 2 unspecified atom stereocenters. The molecule has 0 bridgehead atoms. The molecule has 0 aliphatic carbocycles. The molecule has 31 heavy (non-hydrogen) atoms. The van der Waals surface area contributed by atoms with Crippen LogP contribution in [-0.4, -0.2) is 87.1 Å². The number of piperidine rings is 1. The minimum absolute atomic E-state index is 0.0277. The first-order chi connectivity index (χ1) is 14.9. The van der Waals surface area contributed by atoms with Crippen LogP contribution in [0.1, 0.15) is 20.3 Å². The second kappa shape index (κ2) is 9.62. The summed E-state index contributed by atoms with van der Waals surface area (Å²) in [5.74, 6) is 2.07. The predicted octanol–water partition coefficient (Wildman–Crippen LogP) is 2.32. The van der Waals surface area contributed by atoms with E-state index >= 15 is 0 Å². The molecule has 0 aromatic carbocycles. The van der Waals surface area contributed by atoms with Crippen molar-refractivity contribution in [2.24, 2.45) is 11.8 Å². The zero-order valence-electron chi connectivity index (χ0n) is 18.1. The van der Waals surface area contributed by atoms with E-state index in [0.29, 0.717) is 55.2 Å². The summed E-state index contributed by atoms with van der Waals surface area (Å²) in [6.45, 7) is 9.45. The van der Waals surface area contributed by atoms with Gasteiger partial charge in [0.25, 0.3) is 0 Å². The fraction of sp³-hybridized carbons (Fsp3) is 0.619. The number of thiophene rings is 1. The van der Waals surface area contributed by atoms with Crippen molar-refractivity contribution in [2.45, 2.75) is 26.8 Å². The van der Waals surface area contributed by atoms with Gasteiger partial charge < -0.3 is 9.80 Å². The van der Waals surface area contributed by atoms with E-state index in [0.717, 1.165) is 18.0 Å². The van der Waals surface area contributed by atoms with Crippen molar-refractivity contribution in [3.63, 3.8) is 0 Å². The van der Waals surface area contributed by atoms with E-state index in [1.54, 1.807) is 15.9 Å². The zero-order valence-corrected chi connectivity index (χ0v) is 19.8. The van der Waals surface area contributed by atoms with E-state index in [4.69, 9.17) is 12.2 Å². The van der Waals surface area contributed by atoms with Crippen molar-refractivity contribution in [2.75, 3.05) is 45.8 Å². The Bertz CT molecular complexity index is 951. The first-order valence-electron chi connectivity index (χ1n) is 10.9. The molecule has 0 spiro atoms. The number of H-pyrrole nitrogens is 1. The summed E-state index contributed by atoms with van der Waals surface area (Å²) in [6.07, 6.45) is 1.19. The van der Waals surface area contributed by atoms with E-state index in [1.165, 1.54) is 6.42 Å². The molecular weight excluding hydrogens is 432 g/mol. The van der Waals surface area contributed by atoms with E-state index < -0.39 is 0 Å². The minimum Gasteiger partial charge on any atom is -0.341 e. The summed E-state index contributed by atoms with van der Waals surface area (Å²) in [6, 6.07) is 3.92. The van der Waals surface area contributed by atoms with Gasteiger partial charge in [0.05, 0.1) is 11.4 Å². The maximum Gasteiger partial charge on any atom is 0.242 e. The predicted molar refractivity (Wildman–Crippen MR) is 123 cm³/mol. The second-order valence-corrected chi connectivity index (χ2v) is 10.2. The number of carbonyl (C=O) groups excluding carboxylic acids is 2. The van der Waals surface area contributed by atoms with Crippen LogP contribution in [0.3, 0.4) is 0 Å². The van der Waals surface area contributed by atoms with Gasteiger partial charge in [0.15, 0.2) is 10.6 Å². The minimum atomic E-state index is 0.0277. The quantitative estimate of drug-likeness (QED) is 0.690. The Morgan fingerprint density at radius 2 is 1.77 bits per heavy atom. The summed E-state index contributed by atoms with van der Waals surface area (Å²) in [5, 5.41) is 9.07. The number of hydrogen-bond acceptors (Lipinski definition) is 6. The SMILES string of the molecule is CC1CC(C)CN(C(=O)CN2CCN(C(=O)Cn3c(-c4cccs4)n[nH]c3=S)CC2)C1. The van der Waals surface area contributed by atoms with Gasteiger partial charge in [0.2, 0.25) is 11.8 Å². The molecule has 1 N–H and O–H groups in total. The Morgan fingerprint density at radius 3 is 2.42 bits per heavy atom. The van der Waals surface area contributed by atoms with Crippen LogP contribution in [0.4, 0.5) is 0 Å². The third kappa shape index (κ3) is 5.24. The lowest BCUT2D eigenvalue weighted by Gasteiger charge is -2.38. The molecule has 0 saturated carbocycles. The highest BCUT2D eigenvalue weighted by Crippen LogP contribution is 2.23. The van der Waals surface area contributed by atoms with Crippen LogP contribution < -0.4 is 0 Å². The van der Waals surface area contributed by atoms with Crippen molar-refractivity contribution >= 4 is 35.4 Å². The summed E-state index contributed by atoms with van der Waals surface area (Å²) in [4.78, 5) is 32.7. The first-order valence-corrected chi connectivity index (χ1v) is 12.2. The number of amides is 2. The van der Waals surface area contributed by atoms with Gasteiger partial charge in [-0.3, -0.25) is 24.2 Å². The maximum absolute atomic E-state index is 12.9. The van der Waals surface area contributed by atoms with Crippen LogP contribution in [0.5, 0.6) is 0 Å². The lowest BCUT2D eigenvalue weighted by atomic mass is 9.92. The third-order valence-corrected chi connectivity index (χ3v) is 7.28. The van der Waals surface area contributed by atoms with Crippen LogP contribution in [-0.2, 0) is 16.1 Å². The topological polar surface area (TPSA) is 77.5 Å². The third-order valence-electron chi connectivity index (χ3n) is 6.10. The molecule has 10 heteroatoms. The zero-order chi connectivity index (χ0) is 22.0. The highest BCUT2D eigenvalue weighted by Gasteiger charge is 2.28. The van der Waals surface area contributed by atoms with Crippen molar-refractivity contribution in [1.29, 1.82) is 0 Å². The summed E-state index contributed by atoms with van der Waals surface area (Å²) in [5.41, 5.74) is 0. The van der Waals surface area contributed by atoms with Crippen molar-refractivity contribution < 1.29 is 9.59 Å². The van der Waals surface area contributed by atoms with Gasteiger partial charge in [0.1, 0.15) is 6.54 Å². The van der Waals surface area contributed by atoms with E-state index in [1.807, 2.05) is 27.3 Å². The molecule has 2 aromatic rings. The maximum atomic E-state index is 12.9. The van der Waals surface area contributed by atoms with Crippen LogP contribution >= 0.6 is 23.6 Å². The van der Waals surface area contributed by atoms with Gasteiger partial charge in [-0.05, 0) is 41.9 Å². The van der Waals surface area contributed by atoms with Gasteiger partial charge in [-0.25, -0.2) is 0 Å². The lowest BCUT2D eigenvalue weighted by Crippen LogP contribution is -2.53. The largest absolute Gasteiger partial charge is 0.341 e. The molecule has 2 aliphatic rings. The molecular formula is C21H30N6O2S2. The number of nitrogens with one attached hydrogen (secondary N) is 1. The average Bonchev–Trinajstić information content (AvgIpc) is 3.38. The Labute approximate surface area is 191 Å². The fourth-order valence-corrected chi connectivity index (χ4v) is 5.53. The van der Waals surface area contributed by atoms with E-state index in [9.17, 15) is 9.59 Å². The normalized spacial score (nSPS) is 22.6. The first kappa shape index (κ1) is 22.2. The van der Waals surface area contributed by atoms with Crippen LogP contribution in [0, 0.1) is 16.6 Å². The average molecular weight is 463 g/mol. The molecule has 2 fully saturated rings. The molecule has 0 radical (unpaired) electrons. The molecule has 8 nitrogen and oxygen atoms in total. The number of piperazine rings is 1. The highest BCUT2D eigenvalue weighted by atomic mass is 32.1. The van der Waals surface area contributed by atoms with Crippen LogP contribution in [0.2, 0.25) is 0 Å². The second-order valence-electron chi connectivity index (χ2n) is 8.82. The van der Waals surface area contributed by atoms with Gasteiger partial charge >= 0.3 is 0 Å². The standard InChI is InChI=1S/C21H30N6O2S2/c1-15-10-16(2)12-26(11-15)18(28)13-24-5-7-25(8-6-24)19(29)14-27-20(22-23-21(27)30)17-4-3-9-31-17/h3-4,9,15-16H,5-8,10-14H2,1-2H3,(H,23,30). The molecule has 2 atom stereocenters. The van der Waals surface area contributed by atoms with Crippen molar-refractivity contribution in [1.82, 2.24) is 29.5 Å². The molecule has 4 heterocycles. The Balaban J connectivity index is 1.29. The van der Waals surface area contributed by atoms with Gasteiger partial charge in [-0.15, -0.1) is 11.3 Å². The molecule has 2 saturated heterocycles. The number of carbonyl (C=O) groups is 2. The van der Waals surface area contributed by atoms with Gasteiger partial charge in [-0.2, -0.15) is 5.10 Å². The monoisotopic (exact) mass is 462 g/mol. The number of aromatic nitrogens is 3. The number of aromatic amines is 1. The van der Waals surface area contributed by atoms with Crippen molar-refractivity contribution in [3.8, 4) is 10.7 Å². The molecule has 4 rings (SSSR count).